The predicted octanol–water partition coefficient (Wildman–Crippen LogP) is 1.52. The van der Waals surface area contributed by atoms with Gasteiger partial charge in [0.2, 0.25) is 10.0 Å². The fourth-order valence-corrected chi connectivity index (χ4v) is 4.23. The van der Waals surface area contributed by atoms with Crippen LogP contribution in [0.15, 0.2) is 23.1 Å². The van der Waals surface area contributed by atoms with Crippen molar-refractivity contribution in [3.05, 3.63) is 33.9 Å². The lowest BCUT2D eigenvalue weighted by Crippen LogP contribution is -2.40. The number of nitrogens with zero attached hydrogens (tertiary/aromatic N) is 2. The number of hydrogen-bond donors (Lipinski definition) is 1. The van der Waals surface area contributed by atoms with Gasteiger partial charge in [-0.1, -0.05) is 6.07 Å². The number of piperidine rings is 1. The van der Waals surface area contributed by atoms with E-state index in [1.165, 1.54) is 16.4 Å². The van der Waals surface area contributed by atoms with Crippen molar-refractivity contribution in [2.75, 3.05) is 26.7 Å². The molecule has 0 unspecified atom stereocenters. The normalized spacial score (nSPS) is 17.5. The molecule has 1 fully saturated rings. The Hall–Kier alpha value is -1.51. The first kappa shape index (κ1) is 16.9. The summed E-state index contributed by atoms with van der Waals surface area (Å²) >= 11 is 0. The average molecular weight is 327 g/mol. The van der Waals surface area contributed by atoms with Crippen LogP contribution in [0, 0.1) is 23.0 Å². The molecule has 2 rings (SSSR count). The van der Waals surface area contributed by atoms with Crippen LogP contribution in [0.25, 0.3) is 0 Å². The Morgan fingerprint density at radius 1 is 1.36 bits per heavy atom. The third-order valence-corrected chi connectivity index (χ3v) is 5.98. The first-order valence-electron chi connectivity index (χ1n) is 7.26. The van der Waals surface area contributed by atoms with Gasteiger partial charge >= 0.3 is 0 Å². The zero-order valence-corrected chi connectivity index (χ0v) is 13.6. The van der Waals surface area contributed by atoms with E-state index in [4.69, 9.17) is 0 Å². The predicted molar refractivity (Wildman–Crippen MR) is 83.2 cm³/mol. The van der Waals surface area contributed by atoms with Crippen molar-refractivity contribution in [1.82, 2.24) is 9.62 Å². The van der Waals surface area contributed by atoms with Crippen molar-refractivity contribution >= 4 is 15.7 Å². The minimum Gasteiger partial charge on any atom is -0.319 e. The summed E-state index contributed by atoms with van der Waals surface area (Å²) in [4.78, 5) is 10.4. The van der Waals surface area contributed by atoms with E-state index >= 15 is 0 Å². The second kappa shape index (κ2) is 6.72. The molecule has 1 saturated heterocycles. The molecular formula is C14H21N3O4S. The molecule has 1 heterocycles. The lowest BCUT2D eigenvalue weighted by Gasteiger charge is -2.31. The molecule has 8 heteroatoms. The Kier molecular flexibility index (Phi) is 5.15. The van der Waals surface area contributed by atoms with Crippen LogP contribution in [0.2, 0.25) is 0 Å². The molecular weight excluding hydrogens is 306 g/mol. The lowest BCUT2D eigenvalue weighted by molar-refractivity contribution is -0.385. The standard InChI is InChI=1S/C14H21N3O4S/c1-11-3-4-13(9-14(11)17(18)19)22(20,21)16-7-5-12(6-8-16)10-15-2/h3-4,9,12,15H,5-8,10H2,1-2H3. The van der Waals surface area contributed by atoms with E-state index in [9.17, 15) is 18.5 Å². The molecule has 0 aromatic heterocycles. The van der Waals surface area contributed by atoms with E-state index in [-0.39, 0.29) is 10.6 Å². The van der Waals surface area contributed by atoms with Gasteiger partial charge in [-0.05, 0) is 45.3 Å². The highest BCUT2D eigenvalue weighted by Crippen LogP contribution is 2.27. The van der Waals surface area contributed by atoms with Crippen molar-refractivity contribution in [3.8, 4) is 0 Å². The first-order valence-corrected chi connectivity index (χ1v) is 8.70. The van der Waals surface area contributed by atoms with E-state index in [0.29, 0.717) is 24.6 Å². The molecule has 1 N–H and O–H groups in total. The van der Waals surface area contributed by atoms with Gasteiger partial charge < -0.3 is 5.32 Å². The van der Waals surface area contributed by atoms with E-state index in [0.717, 1.165) is 25.5 Å². The third-order valence-electron chi connectivity index (χ3n) is 4.08. The number of sulfonamides is 1. The summed E-state index contributed by atoms with van der Waals surface area (Å²) in [5.74, 6) is 0.476. The molecule has 22 heavy (non-hydrogen) atoms. The highest BCUT2D eigenvalue weighted by molar-refractivity contribution is 7.89. The van der Waals surface area contributed by atoms with Gasteiger partial charge in [0, 0.05) is 24.7 Å². The molecule has 0 radical (unpaired) electrons. The summed E-state index contributed by atoms with van der Waals surface area (Å²) in [6.45, 7) is 3.38. The van der Waals surface area contributed by atoms with Gasteiger partial charge in [0.1, 0.15) is 0 Å². The largest absolute Gasteiger partial charge is 0.319 e. The van der Waals surface area contributed by atoms with E-state index in [2.05, 4.69) is 5.32 Å². The zero-order chi connectivity index (χ0) is 16.3. The molecule has 0 atom stereocenters. The SMILES string of the molecule is CNCC1CCN(S(=O)(=O)c2ccc(C)c([N+](=O)[O-])c2)CC1. The molecule has 0 aliphatic carbocycles. The topological polar surface area (TPSA) is 92.6 Å². The van der Waals surface area contributed by atoms with Gasteiger partial charge in [0.25, 0.3) is 5.69 Å². The number of hydrogen-bond acceptors (Lipinski definition) is 5. The maximum absolute atomic E-state index is 12.6. The molecule has 7 nitrogen and oxygen atoms in total. The van der Waals surface area contributed by atoms with Crippen molar-refractivity contribution in [2.45, 2.75) is 24.7 Å². The van der Waals surface area contributed by atoms with Crippen LogP contribution in [0.4, 0.5) is 5.69 Å². The molecule has 1 aliphatic heterocycles. The molecule has 0 saturated carbocycles. The summed E-state index contributed by atoms with van der Waals surface area (Å²) in [6, 6.07) is 4.08. The van der Waals surface area contributed by atoms with Gasteiger partial charge in [-0.25, -0.2) is 8.42 Å². The number of aryl methyl sites for hydroxylation is 1. The monoisotopic (exact) mass is 327 g/mol. The lowest BCUT2D eigenvalue weighted by atomic mass is 9.98. The summed E-state index contributed by atoms with van der Waals surface area (Å²) in [7, 11) is -1.78. The van der Waals surface area contributed by atoms with Crippen LogP contribution in [-0.2, 0) is 10.0 Å². The minimum absolute atomic E-state index is 0.00290. The summed E-state index contributed by atoms with van der Waals surface area (Å²) in [5.41, 5.74) is 0.294. The highest BCUT2D eigenvalue weighted by Gasteiger charge is 2.30. The van der Waals surface area contributed by atoms with Gasteiger partial charge in [-0.3, -0.25) is 10.1 Å². The fourth-order valence-electron chi connectivity index (χ4n) is 2.74. The molecule has 122 valence electrons. The second-order valence-electron chi connectivity index (χ2n) is 5.61. The van der Waals surface area contributed by atoms with Crippen LogP contribution in [0.5, 0.6) is 0 Å². The molecule has 0 bridgehead atoms. The molecule has 0 amide bonds. The summed E-state index contributed by atoms with van der Waals surface area (Å²) < 4.78 is 26.7. The molecule has 0 spiro atoms. The van der Waals surface area contributed by atoms with Crippen molar-refractivity contribution in [1.29, 1.82) is 0 Å². The van der Waals surface area contributed by atoms with Gasteiger partial charge in [-0.2, -0.15) is 4.31 Å². The van der Waals surface area contributed by atoms with Crippen LogP contribution in [-0.4, -0.2) is 44.3 Å². The van der Waals surface area contributed by atoms with Gasteiger partial charge in [-0.15, -0.1) is 0 Å². The van der Waals surface area contributed by atoms with Crippen LogP contribution in [0.1, 0.15) is 18.4 Å². The van der Waals surface area contributed by atoms with Crippen LogP contribution < -0.4 is 5.32 Å². The third kappa shape index (κ3) is 3.45. The smallest absolute Gasteiger partial charge is 0.273 e. The summed E-state index contributed by atoms with van der Waals surface area (Å²) in [5, 5.41) is 14.1. The van der Waals surface area contributed by atoms with Gasteiger partial charge in [0.15, 0.2) is 0 Å². The maximum Gasteiger partial charge on any atom is 0.273 e. The number of nitrogens with one attached hydrogen (secondary N) is 1. The van der Waals surface area contributed by atoms with Gasteiger partial charge in [0.05, 0.1) is 9.82 Å². The number of benzene rings is 1. The Morgan fingerprint density at radius 3 is 2.55 bits per heavy atom. The van der Waals surface area contributed by atoms with Crippen LogP contribution >= 0.6 is 0 Å². The highest BCUT2D eigenvalue weighted by atomic mass is 32.2. The molecule has 1 aromatic rings. The number of nitro benzene ring substituents is 1. The van der Waals surface area contributed by atoms with Crippen molar-refractivity contribution < 1.29 is 13.3 Å². The molecule has 1 aromatic carbocycles. The minimum atomic E-state index is -3.66. The number of rotatable bonds is 5. The Balaban J connectivity index is 2.21. The molecule has 1 aliphatic rings. The fraction of sp³-hybridized carbons (Fsp3) is 0.571. The van der Waals surface area contributed by atoms with E-state index in [1.807, 2.05) is 7.05 Å². The van der Waals surface area contributed by atoms with E-state index < -0.39 is 14.9 Å². The second-order valence-corrected chi connectivity index (χ2v) is 7.55. The number of nitro groups is 1. The summed E-state index contributed by atoms with van der Waals surface area (Å²) in [6.07, 6.45) is 1.60. The van der Waals surface area contributed by atoms with Crippen molar-refractivity contribution in [3.63, 3.8) is 0 Å². The average Bonchev–Trinajstić information content (AvgIpc) is 2.48. The van der Waals surface area contributed by atoms with Crippen LogP contribution in [0.3, 0.4) is 0 Å². The Morgan fingerprint density at radius 2 is 2.00 bits per heavy atom. The first-order chi connectivity index (χ1) is 10.4. The Bertz CT molecular complexity index is 652. The zero-order valence-electron chi connectivity index (χ0n) is 12.8. The van der Waals surface area contributed by atoms with E-state index in [1.54, 1.807) is 6.92 Å². The quantitative estimate of drug-likeness (QED) is 0.654. The Labute approximate surface area is 130 Å². The maximum atomic E-state index is 12.6. The van der Waals surface area contributed by atoms with Crippen molar-refractivity contribution in [2.24, 2.45) is 5.92 Å².